The molecule has 7 nitrogen and oxygen atoms in total. The molecule has 0 aliphatic carbocycles. The lowest BCUT2D eigenvalue weighted by Crippen LogP contribution is -2.47. The first-order chi connectivity index (χ1) is 13.2. The van der Waals surface area contributed by atoms with E-state index in [2.05, 4.69) is 34.5 Å². The van der Waals surface area contributed by atoms with E-state index in [0.29, 0.717) is 19.0 Å². The lowest BCUT2D eigenvalue weighted by molar-refractivity contribution is 0.0168. The Morgan fingerprint density at radius 3 is 2.66 bits per heavy atom. The quantitative estimate of drug-likeness (QED) is 0.336. The number of amides is 1. The molecule has 1 saturated heterocycles. The number of hydrogen-bond acceptors (Lipinski definition) is 5. The van der Waals surface area contributed by atoms with Gasteiger partial charge in [0.05, 0.1) is 12.2 Å². The minimum atomic E-state index is -0.459. The molecule has 0 saturated carbocycles. The van der Waals surface area contributed by atoms with Gasteiger partial charge in [0.15, 0.2) is 5.96 Å². The van der Waals surface area contributed by atoms with Gasteiger partial charge >= 0.3 is 6.09 Å². The number of carbonyl (C=O) groups excluding carboxylic acids is 1. The lowest BCUT2D eigenvalue weighted by Gasteiger charge is -2.34. The summed E-state index contributed by atoms with van der Waals surface area (Å²) in [7, 11) is 0. The van der Waals surface area contributed by atoms with E-state index in [9.17, 15) is 4.79 Å². The molecule has 1 atom stereocenters. The summed E-state index contributed by atoms with van der Waals surface area (Å²) in [5.74, 6) is 1.18. The molecule has 2 N–H and O–H groups in total. The Labute approximate surface area is 196 Å². The summed E-state index contributed by atoms with van der Waals surface area (Å²) in [6.07, 6.45) is 1.88. The molecule has 166 valence electrons. The van der Waals surface area contributed by atoms with Crippen LogP contribution in [-0.4, -0.2) is 53.7 Å². The number of nitrogens with zero attached hydrogens (tertiary/aromatic N) is 3. The van der Waals surface area contributed by atoms with Gasteiger partial charge in [0.25, 0.3) is 0 Å². The molecule has 9 heteroatoms. The van der Waals surface area contributed by atoms with Gasteiger partial charge in [-0.1, -0.05) is 0 Å². The molecular weight excluding hydrogens is 501 g/mol. The van der Waals surface area contributed by atoms with Crippen molar-refractivity contribution in [1.29, 1.82) is 0 Å². The molecule has 1 aromatic rings. The van der Waals surface area contributed by atoms with Crippen LogP contribution in [0.2, 0.25) is 0 Å². The minimum Gasteiger partial charge on any atom is -0.444 e. The molecule has 0 bridgehead atoms. The van der Waals surface area contributed by atoms with Crippen LogP contribution in [0.5, 0.6) is 0 Å². The van der Waals surface area contributed by atoms with E-state index < -0.39 is 5.60 Å². The highest BCUT2D eigenvalue weighted by atomic mass is 127. The van der Waals surface area contributed by atoms with Crippen molar-refractivity contribution in [3.05, 3.63) is 15.6 Å². The molecule has 1 fully saturated rings. The van der Waals surface area contributed by atoms with Gasteiger partial charge in [0.1, 0.15) is 10.6 Å². The van der Waals surface area contributed by atoms with Crippen LogP contribution in [0.1, 0.15) is 56.1 Å². The molecular formula is C20H36IN5O2S. The fourth-order valence-corrected chi connectivity index (χ4v) is 3.92. The Balaban J connectivity index is 0.00000420. The van der Waals surface area contributed by atoms with E-state index in [1.165, 1.54) is 4.88 Å². The summed E-state index contributed by atoms with van der Waals surface area (Å²) in [5.41, 5.74) is 0.622. The highest BCUT2D eigenvalue weighted by molar-refractivity contribution is 14.0. The predicted octanol–water partition coefficient (Wildman–Crippen LogP) is 4.08. The SMILES string of the molecule is CCNC(=NCc1nc(C)c(C)s1)NCC1CCCN(C(=O)OC(C)(C)C)C1.I. The van der Waals surface area contributed by atoms with Crippen molar-refractivity contribution in [3.8, 4) is 0 Å². The monoisotopic (exact) mass is 537 g/mol. The van der Waals surface area contributed by atoms with Crippen LogP contribution in [0.25, 0.3) is 0 Å². The first-order valence-corrected chi connectivity index (χ1v) is 10.9. The zero-order chi connectivity index (χ0) is 20.7. The zero-order valence-corrected chi connectivity index (χ0v) is 21.6. The van der Waals surface area contributed by atoms with Crippen molar-refractivity contribution in [2.75, 3.05) is 26.2 Å². The number of guanidine groups is 1. The maximum atomic E-state index is 12.3. The number of nitrogens with one attached hydrogen (secondary N) is 2. The van der Waals surface area contributed by atoms with Crippen molar-refractivity contribution in [3.63, 3.8) is 0 Å². The Bertz CT molecular complexity index is 667. The normalized spacial score (nSPS) is 17.5. The Hall–Kier alpha value is -1.10. The third-order valence-electron chi connectivity index (χ3n) is 4.52. The topological polar surface area (TPSA) is 78.9 Å². The van der Waals surface area contributed by atoms with Crippen LogP contribution in [0.3, 0.4) is 0 Å². The first-order valence-electron chi connectivity index (χ1n) is 10.1. The second kappa shape index (κ2) is 11.9. The fraction of sp³-hybridized carbons (Fsp3) is 0.750. The van der Waals surface area contributed by atoms with Gasteiger partial charge in [-0.2, -0.15) is 0 Å². The number of piperidine rings is 1. The molecule has 1 unspecified atom stereocenters. The minimum absolute atomic E-state index is 0. The van der Waals surface area contributed by atoms with Gasteiger partial charge < -0.3 is 20.3 Å². The summed E-state index contributed by atoms with van der Waals surface area (Å²) >= 11 is 1.70. The fourth-order valence-electron chi connectivity index (χ4n) is 3.06. The number of likely N-dealkylation sites (tertiary alicyclic amines) is 1. The lowest BCUT2D eigenvalue weighted by atomic mass is 9.98. The third-order valence-corrected chi connectivity index (χ3v) is 5.58. The largest absolute Gasteiger partial charge is 0.444 e. The molecule has 0 radical (unpaired) electrons. The van der Waals surface area contributed by atoms with Gasteiger partial charge in [-0.25, -0.2) is 14.8 Å². The summed E-state index contributed by atoms with van der Waals surface area (Å²) in [6, 6.07) is 0. The first kappa shape index (κ1) is 25.9. The van der Waals surface area contributed by atoms with Crippen molar-refractivity contribution in [1.82, 2.24) is 20.5 Å². The summed E-state index contributed by atoms with van der Waals surface area (Å²) < 4.78 is 5.51. The second-order valence-electron chi connectivity index (χ2n) is 8.26. The number of aryl methyl sites for hydroxylation is 2. The second-order valence-corrected chi connectivity index (χ2v) is 9.55. The van der Waals surface area contributed by atoms with Gasteiger partial charge in [-0.15, -0.1) is 35.3 Å². The number of halogens is 1. The van der Waals surface area contributed by atoms with Crippen LogP contribution in [0, 0.1) is 19.8 Å². The summed E-state index contributed by atoms with van der Waals surface area (Å²) in [6.45, 7) is 15.5. The summed E-state index contributed by atoms with van der Waals surface area (Å²) in [5, 5.41) is 7.74. The zero-order valence-electron chi connectivity index (χ0n) is 18.5. The Morgan fingerprint density at radius 2 is 2.07 bits per heavy atom. The summed E-state index contributed by atoms with van der Waals surface area (Å²) in [4.78, 5) is 24.6. The number of hydrogen-bond donors (Lipinski definition) is 2. The number of thiazole rings is 1. The molecule has 2 rings (SSSR count). The van der Waals surface area contributed by atoms with Gasteiger partial charge in [0, 0.05) is 31.1 Å². The number of aliphatic imine (C=N–C) groups is 1. The van der Waals surface area contributed by atoms with E-state index in [-0.39, 0.29) is 30.1 Å². The van der Waals surface area contributed by atoms with Crippen LogP contribution in [0.15, 0.2) is 4.99 Å². The maximum absolute atomic E-state index is 12.3. The van der Waals surface area contributed by atoms with Gasteiger partial charge in [-0.05, 0) is 60.3 Å². The molecule has 2 heterocycles. The van der Waals surface area contributed by atoms with Crippen molar-refractivity contribution >= 4 is 47.4 Å². The van der Waals surface area contributed by atoms with Crippen molar-refractivity contribution in [2.24, 2.45) is 10.9 Å². The van der Waals surface area contributed by atoms with E-state index in [0.717, 1.165) is 49.1 Å². The molecule has 1 aromatic heterocycles. The maximum Gasteiger partial charge on any atom is 0.410 e. The molecule has 0 aromatic carbocycles. The Kier molecular flexibility index (Phi) is 10.7. The highest BCUT2D eigenvalue weighted by Gasteiger charge is 2.27. The van der Waals surface area contributed by atoms with E-state index in [1.54, 1.807) is 11.3 Å². The molecule has 1 amide bonds. The molecule has 29 heavy (non-hydrogen) atoms. The number of aromatic nitrogens is 1. The molecule has 0 spiro atoms. The van der Waals surface area contributed by atoms with Crippen LogP contribution in [0.4, 0.5) is 4.79 Å². The molecule has 1 aliphatic rings. The van der Waals surface area contributed by atoms with E-state index >= 15 is 0 Å². The van der Waals surface area contributed by atoms with E-state index in [1.807, 2.05) is 32.6 Å². The van der Waals surface area contributed by atoms with Crippen molar-refractivity contribution in [2.45, 2.75) is 66.5 Å². The number of carbonyl (C=O) groups is 1. The highest BCUT2D eigenvalue weighted by Crippen LogP contribution is 2.19. The number of ether oxygens (including phenoxy) is 1. The average Bonchev–Trinajstić information content (AvgIpc) is 2.94. The average molecular weight is 538 g/mol. The van der Waals surface area contributed by atoms with Gasteiger partial charge in [0.2, 0.25) is 0 Å². The Morgan fingerprint density at radius 1 is 1.34 bits per heavy atom. The number of rotatable bonds is 5. The van der Waals surface area contributed by atoms with Crippen LogP contribution < -0.4 is 10.6 Å². The predicted molar refractivity (Wildman–Crippen MR) is 130 cm³/mol. The van der Waals surface area contributed by atoms with Crippen LogP contribution >= 0.6 is 35.3 Å². The van der Waals surface area contributed by atoms with Crippen molar-refractivity contribution < 1.29 is 9.53 Å². The standard InChI is InChI=1S/C20H35N5O2S.HI/c1-7-21-18(23-12-17-24-14(2)15(3)28-17)22-11-16-9-8-10-25(13-16)19(26)27-20(4,5)6;/h16H,7-13H2,1-6H3,(H2,21,22,23);1H. The third kappa shape index (κ3) is 9.06. The smallest absolute Gasteiger partial charge is 0.410 e. The van der Waals surface area contributed by atoms with E-state index in [4.69, 9.17) is 4.74 Å². The van der Waals surface area contributed by atoms with Gasteiger partial charge in [-0.3, -0.25) is 0 Å². The molecule has 1 aliphatic heterocycles. The van der Waals surface area contributed by atoms with Crippen LogP contribution in [-0.2, 0) is 11.3 Å².